The van der Waals surface area contributed by atoms with Gasteiger partial charge in [0.05, 0.1) is 40.5 Å². The van der Waals surface area contributed by atoms with Crippen molar-refractivity contribution in [3.05, 3.63) is 81.8 Å². The predicted molar refractivity (Wildman–Crippen MR) is 193 cm³/mol. The number of thiazole rings is 1. The van der Waals surface area contributed by atoms with E-state index in [1.807, 2.05) is 56.5 Å². The molecule has 1 aromatic heterocycles. The highest BCUT2D eigenvalue weighted by atomic mass is 32.2. The molecule has 2 aliphatic rings. The molecule has 50 heavy (non-hydrogen) atoms. The number of urea groups is 1. The van der Waals surface area contributed by atoms with Gasteiger partial charge in [-0.1, -0.05) is 74.3 Å². The lowest BCUT2D eigenvalue weighted by Crippen LogP contribution is -2.57. The number of rotatable bonds is 16. The van der Waals surface area contributed by atoms with Gasteiger partial charge >= 0.3 is 6.03 Å². The zero-order valence-electron chi connectivity index (χ0n) is 28.9. The minimum absolute atomic E-state index is 0.0613. The van der Waals surface area contributed by atoms with E-state index in [0.29, 0.717) is 25.2 Å². The maximum Gasteiger partial charge on any atom is 0.321 e. The fraction of sp³-hybridized carbons (Fsp3) is 0.500. The maximum absolute atomic E-state index is 14.2. The Kier molecular flexibility index (Phi) is 12.6. The number of benzene rings is 2. The fourth-order valence-electron chi connectivity index (χ4n) is 6.94. The number of sulfonamides is 1. The van der Waals surface area contributed by atoms with Crippen LogP contribution in [0.3, 0.4) is 0 Å². The van der Waals surface area contributed by atoms with Gasteiger partial charge in [0, 0.05) is 31.6 Å². The first-order valence-corrected chi connectivity index (χ1v) is 19.5. The summed E-state index contributed by atoms with van der Waals surface area (Å²) in [6.45, 7) is 6.92. The molecule has 1 aliphatic carbocycles. The number of aliphatic hydroxyl groups is 1. The van der Waals surface area contributed by atoms with Crippen molar-refractivity contribution in [3.63, 3.8) is 0 Å². The Morgan fingerprint density at radius 3 is 2.44 bits per heavy atom. The number of carbonyl (C=O) groups is 2. The number of aryl methyl sites for hydroxylation is 1. The summed E-state index contributed by atoms with van der Waals surface area (Å²) in [7, 11) is -4.04. The lowest BCUT2D eigenvalue weighted by molar-refractivity contribution is -0.128. The maximum atomic E-state index is 14.2. The van der Waals surface area contributed by atoms with Crippen molar-refractivity contribution in [3.8, 4) is 0 Å². The Morgan fingerprint density at radius 1 is 1.12 bits per heavy atom. The second-order valence-corrected chi connectivity index (χ2v) is 16.6. The van der Waals surface area contributed by atoms with Crippen molar-refractivity contribution in [2.24, 2.45) is 17.0 Å². The van der Waals surface area contributed by atoms with Crippen molar-refractivity contribution in [1.29, 1.82) is 0 Å². The predicted octanol–water partition coefficient (Wildman–Crippen LogP) is 4.49. The normalized spacial score (nSPS) is 17.7. The summed E-state index contributed by atoms with van der Waals surface area (Å²) >= 11 is 1.53. The first-order chi connectivity index (χ1) is 24.0. The number of oxime groups is 1. The van der Waals surface area contributed by atoms with Gasteiger partial charge in [0.1, 0.15) is 6.04 Å². The molecule has 3 atom stereocenters. The van der Waals surface area contributed by atoms with E-state index in [9.17, 15) is 23.1 Å². The lowest BCUT2D eigenvalue weighted by Gasteiger charge is -2.34. The van der Waals surface area contributed by atoms with Gasteiger partial charge in [0.25, 0.3) is 0 Å². The molecule has 1 saturated heterocycles. The van der Waals surface area contributed by atoms with E-state index in [0.717, 1.165) is 41.9 Å². The third kappa shape index (κ3) is 9.27. The zero-order chi connectivity index (χ0) is 35.8. The fourth-order valence-corrected chi connectivity index (χ4v) is 9.07. The van der Waals surface area contributed by atoms with Crippen LogP contribution in [-0.4, -0.2) is 100 Å². The highest BCUT2D eigenvalue weighted by Crippen LogP contribution is 2.29. The summed E-state index contributed by atoms with van der Waals surface area (Å²) in [5.41, 5.74) is 2.22. The average molecular weight is 725 g/mol. The van der Waals surface area contributed by atoms with E-state index >= 15 is 0 Å². The SMILES string of the molecule is Cc1nc(CN2CCN([C@H](C(=O)N[C@@H](Cc3ccccc3)[C@@H](O)CN(CC3CCCC3)S(=O)(=O)c3ccc(C=NO)cc3)C(C)C)C2=O)cs1. The standard InChI is InChI=1S/C36H48N6O6S2/c1-25(2)34(42-18-17-40(36(42)45)22-30-24-49-26(3)38-30)35(44)39-32(19-27-9-5-4-6-10-27)33(43)23-41(21-29-11-7-8-12-29)50(47,48)31-15-13-28(14-16-31)20-37-46/h4-6,9-10,13-16,20,24-25,29,32-34,43,46H,7-8,11-12,17-19,21-23H2,1-3H3,(H,39,44)/t32-,33-,34-/m0/s1. The topological polar surface area (TPSA) is 156 Å². The number of aliphatic hydroxyl groups excluding tert-OH is 1. The molecule has 0 spiro atoms. The van der Waals surface area contributed by atoms with Crippen molar-refractivity contribution < 1.29 is 28.3 Å². The molecule has 3 aromatic rings. The number of hydrogen-bond acceptors (Lipinski definition) is 9. The Morgan fingerprint density at radius 2 is 1.82 bits per heavy atom. The second-order valence-electron chi connectivity index (χ2n) is 13.6. The first kappa shape index (κ1) is 37.4. The van der Waals surface area contributed by atoms with Gasteiger partial charge in [-0.05, 0) is 61.3 Å². The largest absolute Gasteiger partial charge is 0.411 e. The average Bonchev–Trinajstić information content (AvgIpc) is 3.84. The van der Waals surface area contributed by atoms with Gasteiger partial charge in [-0.2, -0.15) is 4.31 Å². The Hall–Kier alpha value is -3.85. The highest BCUT2D eigenvalue weighted by Gasteiger charge is 2.41. The molecule has 0 bridgehead atoms. The van der Waals surface area contributed by atoms with Crippen LogP contribution in [0, 0.1) is 18.8 Å². The lowest BCUT2D eigenvalue weighted by atomic mass is 9.97. The molecule has 12 nitrogen and oxygen atoms in total. The van der Waals surface area contributed by atoms with Crippen LogP contribution >= 0.6 is 11.3 Å². The van der Waals surface area contributed by atoms with E-state index in [4.69, 9.17) is 5.21 Å². The molecule has 0 unspecified atom stereocenters. The highest BCUT2D eigenvalue weighted by molar-refractivity contribution is 7.89. The molecule has 1 saturated carbocycles. The molecule has 0 radical (unpaired) electrons. The summed E-state index contributed by atoms with van der Waals surface area (Å²) in [5.74, 6) is -0.471. The molecular weight excluding hydrogens is 677 g/mol. The molecule has 14 heteroatoms. The van der Waals surface area contributed by atoms with Crippen LogP contribution in [-0.2, 0) is 27.8 Å². The van der Waals surface area contributed by atoms with Crippen molar-refractivity contribution in [2.45, 2.75) is 82.5 Å². The zero-order valence-corrected chi connectivity index (χ0v) is 30.5. The number of carbonyl (C=O) groups excluding carboxylic acids is 2. The molecule has 5 rings (SSSR count). The van der Waals surface area contributed by atoms with Crippen LogP contribution < -0.4 is 5.32 Å². The van der Waals surface area contributed by atoms with Crippen LogP contribution in [0.25, 0.3) is 0 Å². The number of amides is 3. The molecule has 2 fully saturated rings. The van der Waals surface area contributed by atoms with Crippen LogP contribution in [0.15, 0.2) is 70.0 Å². The summed E-state index contributed by atoms with van der Waals surface area (Å²) < 4.78 is 29.5. The number of hydrogen-bond donors (Lipinski definition) is 3. The molecule has 3 N–H and O–H groups in total. The summed E-state index contributed by atoms with van der Waals surface area (Å²) in [6, 6.07) is 13.6. The van der Waals surface area contributed by atoms with Gasteiger partial charge in [-0.15, -0.1) is 11.3 Å². The second kappa shape index (κ2) is 16.9. The minimum atomic E-state index is -4.04. The van der Waals surface area contributed by atoms with Crippen molar-refractivity contribution >= 4 is 39.5 Å². The minimum Gasteiger partial charge on any atom is -0.411 e. The van der Waals surface area contributed by atoms with Crippen LogP contribution in [0.4, 0.5) is 4.79 Å². The molecule has 2 aromatic carbocycles. The molecule has 2 heterocycles. The van der Waals surface area contributed by atoms with Gasteiger partial charge in [-0.25, -0.2) is 18.2 Å². The van der Waals surface area contributed by atoms with Gasteiger partial charge in [0.2, 0.25) is 15.9 Å². The van der Waals surface area contributed by atoms with E-state index < -0.39 is 34.1 Å². The van der Waals surface area contributed by atoms with E-state index in [2.05, 4.69) is 15.5 Å². The quantitative estimate of drug-likeness (QED) is 0.112. The van der Waals surface area contributed by atoms with Crippen LogP contribution in [0.5, 0.6) is 0 Å². The van der Waals surface area contributed by atoms with Crippen molar-refractivity contribution in [1.82, 2.24) is 24.4 Å². The summed E-state index contributed by atoms with van der Waals surface area (Å²) in [4.78, 5) is 35.6. The van der Waals surface area contributed by atoms with Crippen molar-refractivity contribution in [2.75, 3.05) is 26.2 Å². The van der Waals surface area contributed by atoms with Gasteiger partial charge < -0.3 is 25.4 Å². The molecular formula is C36H48N6O6S2. The van der Waals surface area contributed by atoms with E-state index in [1.165, 1.54) is 34.0 Å². The number of nitrogens with one attached hydrogen (secondary N) is 1. The molecule has 3 amide bonds. The van der Waals surface area contributed by atoms with Crippen LogP contribution in [0.2, 0.25) is 0 Å². The van der Waals surface area contributed by atoms with Crippen LogP contribution in [0.1, 0.15) is 61.4 Å². The third-order valence-electron chi connectivity index (χ3n) is 9.52. The van der Waals surface area contributed by atoms with E-state index in [-0.39, 0.29) is 42.3 Å². The Bertz CT molecular complexity index is 1710. The summed E-state index contributed by atoms with van der Waals surface area (Å²) in [6.07, 6.45) is 4.06. The molecule has 270 valence electrons. The summed E-state index contributed by atoms with van der Waals surface area (Å²) in [5, 5.41) is 29.7. The monoisotopic (exact) mass is 724 g/mol. The molecule has 1 aliphatic heterocycles. The smallest absolute Gasteiger partial charge is 0.321 e. The number of aromatic nitrogens is 1. The first-order valence-electron chi connectivity index (χ1n) is 17.2. The number of nitrogens with zero attached hydrogens (tertiary/aromatic N) is 5. The van der Waals surface area contributed by atoms with E-state index in [1.54, 1.807) is 21.9 Å². The third-order valence-corrected chi connectivity index (χ3v) is 12.2. The van der Waals surface area contributed by atoms with Gasteiger partial charge in [-0.3, -0.25) is 4.79 Å². The Labute approximate surface area is 298 Å². The van der Waals surface area contributed by atoms with Gasteiger partial charge in [0.15, 0.2) is 0 Å². The Balaban J connectivity index is 1.38.